The molecule has 0 spiro atoms. The maximum atomic E-state index is 12.8. The first-order valence-corrected chi connectivity index (χ1v) is 12.3. The van der Waals surface area contributed by atoms with Gasteiger partial charge in [0.2, 0.25) is 5.88 Å². The van der Waals surface area contributed by atoms with Crippen LogP contribution in [0.1, 0.15) is 48.9 Å². The molecule has 0 aromatic carbocycles. The van der Waals surface area contributed by atoms with Crippen LogP contribution in [0.3, 0.4) is 0 Å². The van der Waals surface area contributed by atoms with E-state index in [9.17, 15) is 9.59 Å². The van der Waals surface area contributed by atoms with Gasteiger partial charge < -0.3 is 30.3 Å². The lowest BCUT2D eigenvalue weighted by Gasteiger charge is -2.38. The highest BCUT2D eigenvalue weighted by Crippen LogP contribution is 2.26. The van der Waals surface area contributed by atoms with E-state index in [0.29, 0.717) is 18.1 Å². The number of aromatic nitrogens is 1. The molecule has 0 unspecified atom stereocenters. The molecule has 0 radical (unpaired) electrons. The minimum atomic E-state index is -0.247. The van der Waals surface area contributed by atoms with E-state index in [1.165, 1.54) is 13.2 Å². The van der Waals surface area contributed by atoms with Gasteiger partial charge in [-0.05, 0) is 50.5 Å². The first kappa shape index (κ1) is 24.0. The van der Waals surface area contributed by atoms with Gasteiger partial charge in [0, 0.05) is 45.4 Å². The summed E-state index contributed by atoms with van der Waals surface area (Å²) in [5.74, 6) is 0.855. The second-order valence-corrected chi connectivity index (χ2v) is 9.64. The van der Waals surface area contributed by atoms with Crippen molar-refractivity contribution >= 4 is 29.2 Å². The molecule has 1 aromatic heterocycles. The third-order valence-corrected chi connectivity index (χ3v) is 7.28. The molecule has 4 heterocycles. The van der Waals surface area contributed by atoms with Crippen molar-refractivity contribution in [1.29, 1.82) is 0 Å². The molecule has 2 amide bonds. The number of nitrogens with one attached hydrogen (secondary N) is 1. The number of ether oxygens (including phenoxy) is 2. The highest BCUT2D eigenvalue weighted by Gasteiger charge is 2.32. The van der Waals surface area contributed by atoms with Crippen LogP contribution < -0.4 is 15.8 Å². The van der Waals surface area contributed by atoms with Crippen molar-refractivity contribution in [3.8, 4) is 5.88 Å². The lowest BCUT2D eigenvalue weighted by atomic mass is 9.94. The zero-order chi connectivity index (χ0) is 23.4. The van der Waals surface area contributed by atoms with Gasteiger partial charge in [0.25, 0.3) is 11.8 Å². The molecule has 0 bridgehead atoms. The smallest absolute Gasteiger partial charge is 0.257 e. The first-order chi connectivity index (χ1) is 15.9. The molecule has 182 valence electrons. The Hall–Kier alpha value is -2.10. The Morgan fingerprint density at radius 1 is 1.21 bits per heavy atom. The van der Waals surface area contributed by atoms with Gasteiger partial charge in [0.05, 0.1) is 12.1 Å². The standard InChI is InChI=1S/C23H34ClN5O4/c1-32-22-17(13-18(24)20(25)27-22)21(30)26-16-6-8-28(9-7-16)14-15-4-10-29(11-5-15)23(31)19-3-2-12-33-19/h13,15-16,19H,2-12,14H2,1H3,(H2,25,27)(H,26,30)/t19-/m0/s1. The number of rotatable bonds is 6. The molecular formula is C23H34ClN5O4. The maximum absolute atomic E-state index is 12.8. The molecule has 3 aliphatic rings. The zero-order valence-corrected chi connectivity index (χ0v) is 20.0. The number of carbonyl (C=O) groups is 2. The molecular weight excluding hydrogens is 446 g/mol. The van der Waals surface area contributed by atoms with E-state index in [-0.39, 0.29) is 40.7 Å². The van der Waals surface area contributed by atoms with Crippen LogP contribution in [-0.4, -0.2) is 85.2 Å². The van der Waals surface area contributed by atoms with Gasteiger partial charge >= 0.3 is 0 Å². The number of amides is 2. The van der Waals surface area contributed by atoms with Crippen LogP contribution in [-0.2, 0) is 9.53 Å². The van der Waals surface area contributed by atoms with Crippen LogP contribution in [0.15, 0.2) is 6.07 Å². The van der Waals surface area contributed by atoms with E-state index in [1.807, 2.05) is 4.90 Å². The number of likely N-dealkylation sites (tertiary alicyclic amines) is 2. The van der Waals surface area contributed by atoms with Crippen molar-refractivity contribution < 1.29 is 19.1 Å². The third kappa shape index (κ3) is 5.88. The molecule has 9 nitrogen and oxygen atoms in total. The number of carbonyl (C=O) groups excluding carboxylic acids is 2. The van der Waals surface area contributed by atoms with Gasteiger partial charge in [-0.3, -0.25) is 9.59 Å². The summed E-state index contributed by atoms with van der Waals surface area (Å²) in [6, 6.07) is 1.60. The Morgan fingerprint density at radius 2 is 1.94 bits per heavy atom. The number of nitrogens with zero attached hydrogens (tertiary/aromatic N) is 3. The summed E-state index contributed by atoms with van der Waals surface area (Å²) in [5, 5.41) is 3.32. The average molecular weight is 480 g/mol. The summed E-state index contributed by atoms with van der Waals surface area (Å²) < 4.78 is 10.7. The molecule has 10 heteroatoms. The van der Waals surface area contributed by atoms with E-state index >= 15 is 0 Å². The predicted molar refractivity (Wildman–Crippen MR) is 125 cm³/mol. The number of piperidine rings is 2. The van der Waals surface area contributed by atoms with E-state index in [4.69, 9.17) is 26.8 Å². The third-order valence-electron chi connectivity index (χ3n) is 6.98. The number of nitrogen functional groups attached to an aromatic ring is 1. The topological polar surface area (TPSA) is 110 Å². The Balaban J connectivity index is 1.19. The van der Waals surface area contributed by atoms with Crippen LogP contribution >= 0.6 is 11.6 Å². The fourth-order valence-electron chi connectivity index (χ4n) is 5.00. The SMILES string of the molecule is COc1nc(N)c(Cl)cc1C(=O)NC1CCN(CC2CCN(C(=O)[C@@H]3CCCO3)CC2)CC1. The molecule has 0 aliphatic carbocycles. The summed E-state index contributed by atoms with van der Waals surface area (Å²) in [4.78, 5) is 33.8. The number of halogens is 1. The minimum absolute atomic E-state index is 0.0978. The Bertz CT molecular complexity index is 847. The minimum Gasteiger partial charge on any atom is -0.480 e. The number of methoxy groups -OCH3 is 1. The van der Waals surface area contributed by atoms with Crippen molar-refractivity contribution in [2.24, 2.45) is 5.92 Å². The molecule has 3 aliphatic heterocycles. The molecule has 33 heavy (non-hydrogen) atoms. The molecule has 3 N–H and O–H groups in total. The summed E-state index contributed by atoms with van der Waals surface area (Å²) >= 11 is 6.04. The summed E-state index contributed by atoms with van der Waals surface area (Å²) in [5.41, 5.74) is 6.00. The van der Waals surface area contributed by atoms with Gasteiger partial charge in [0.15, 0.2) is 0 Å². The van der Waals surface area contributed by atoms with Gasteiger partial charge in [-0.1, -0.05) is 11.6 Å². The van der Waals surface area contributed by atoms with Gasteiger partial charge in [0.1, 0.15) is 17.5 Å². The van der Waals surface area contributed by atoms with Crippen LogP contribution in [0.25, 0.3) is 0 Å². The van der Waals surface area contributed by atoms with E-state index in [0.717, 1.165) is 71.2 Å². The lowest BCUT2D eigenvalue weighted by Crippen LogP contribution is -2.48. The predicted octanol–water partition coefficient (Wildman–Crippen LogP) is 1.94. The molecule has 3 fully saturated rings. The van der Waals surface area contributed by atoms with E-state index in [1.54, 1.807) is 0 Å². The Morgan fingerprint density at radius 3 is 2.58 bits per heavy atom. The number of pyridine rings is 1. The Kier molecular flexibility index (Phi) is 7.93. The van der Waals surface area contributed by atoms with Crippen molar-refractivity contribution in [2.45, 2.75) is 50.7 Å². The highest BCUT2D eigenvalue weighted by atomic mass is 35.5. The normalized spacial score (nSPS) is 23.0. The number of hydrogen-bond acceptors (Lipinski definition) is 7. The largest absolute Gasteiger partial charge is 0.480 e. The van der Waals surface area contributed by atoms with Crippen LogP contribution in [0.2, 0.25) is 5.02 Å². The highest BCUT2D eigenvalue weighted by molar-refractivity contribution is 6.33. The summed E-state index contributed by atoms with van der Waals surface area (Å²) in [6.07, 6.45) is 5.50. The zero-order valence-electron chi connectivity index (χ0n) is 19.2. The summed E-state index contributed by atoms with van der Waals surface area (Å²) in [6.45, 7) is 5.30. The van der Waals surface area contributed by atoms with Crippen LogP contribution in [0, 0.1) is 5.92 Å². The molecule has 1 atom stereocenters. The van der Waals surface area contributed by atoms with Crippen molar-refractivity contribution in [3.05, 3.63) is 16.7 Å². The molecule has 0 saturated carbocycles. The lowest BCUT2D eigenvalue weighted by molar-refractivity contribution is -0.142. The Labute approximate surface area is 199 Å². The van der Waals surface area contributed by atoms with Crippen LogP contribution in [0.5, 0.6) is 5.88 Å². The summed E-state index contributed by atoms with van der Waals surface area (Å²) in [7, 11) is 1.45. The molecule has 1 aromatic rings. The number of anilines is 1. The van der Waals surface area contributed by atoms with Gasteiger partial charge in [-0.15, -0.1) is 0 Å². The second kappa shape index (κ2) is 10.9. The second-order valence-electron chi connectivity index (χ2n) is 9.23. The number of nitrogens with two attached hydrogens (primary N) is 1. The fourth-order valence-corrected chi connectivity index (χ4v) is 5.16. The van der Waals surface area contributed by atoms with Gasteiger partial charge in [-0.2, -0.15) is 4.98 Å². The molecule has 4 rings (SSSR count). The van der Waals surface area contributed by atoms with Crippen LogP contribution in [0.4, 0.5) is 5.82 Å². The van der Waals surface area contributed by atoms with E-state index in [2.05, 4.69) is 15.2 Å². The van der Waals surface area contributed by atoms with Crippen molar-refractivity contribution in [1.82, 2.24) is 20.1 Å². The first-order valence-electron chi connectivity index (χ1n) is 11.9. The maximum Gasteiger partial charge on any atom is 0.257 e. The fraction of sp³-hybridized carbons (Fsp3) is 0.696. The van der Waals surface area contributed by atoms with E-state index < -0.39 is 0 Å². The molecule has 3 saturated heterocycles. The average Bonchev–Trinajstić information content (AvgIpc) is 3.37. The number of hydrogen-bond donors (Lipinski definition) is 2. The van der Waals surface area contributed by atoms with Crippen molar-refractivity contribution in [2.75, 3.05) is 52.2 Å². The quantitative estimate of drug-likeness (QED) is 0.641. The van der Waals surface area contributed by atoms with Gasteiger partial charge in [-0.25, -0.2) is 0 Å². The monoisotopic (exact) mass is 479 g/mol. The van der Waals surface area contributed by atoms with Crippen molar-refractivity contribution in [3.63, 3.8) is 0 Å².